The number of carboxylic acid groups (broad SMARTS) is 1. The minimum absolute atomic E-state index is 0.0169. The molecular formula is C28H23ClN2O5. The quantitative estimate of drug-likeness (QED) is 0.203. The molecule has 3 aromatic carbocycles. The first-order valence-corrected chi connectivity index (χ1v) is 11.2. The molecule has 0 aromatic heterocycles. The molecule has 1 amide bonds. The lowest BCUT2D eigenvalue weighted by Gasteiger charge is -2.16. The SMILES string of the molecule is C=CCc1cc(/C=C(/C#N)C(=O)Nc2cccc(C(=O)O)c2)cc(OC)c1OCc1ccc(Cl)cc1. The Bertz CT molecular complexity index is 1360. The van der Waals surface area contributed by atoms with E-state index in [2.05, 4.69) is 11.9 Å². The van der Waals surface area contributed by atoms with Crippen molar-refractivity contribution in [3.05, 3.63) is 106 Å². The van der Waals surface area contributed by atoms with E-state index in [4.69, 9.17) is 26.2 Å². The molecule has 36 heavy (non-hydrogen) atoms. The summed E-state index contributed by atoms with van der Waals surface area (Å²) in [6, 6.07) is 18.4. The molecule has 2 N–H and O–H groups in total. The van der Waals surface area contributed by atoms with Gasteiger partial charge in [-0.05, 0) is 66.1 Å². The molecule has 0 aliphatic rings. The van der Waals surface area contributed by atoms with Crippen LogP contribution in [-0.2, 0) is 17.8 Å². The maximum atomic E-state index is 12.7. The fraction of sp³-hybridized carbons (Fsp3) is 0.107. The fourth-order valence-electron chi connectivity index (χ4n) is 3.37. The van der Waals surface area contributed by atoms with E-state index >= 15 is 0 Å². The van der Waals surface area contributed by atoms with Crippen LogP contribution in [0.3, 0.4) is 0 Å². The van der Waals surface area contributed by atoms with Gasteiger partial charge in [-0.1, -0.05) is 35.9 Å². The number of hydrogen-bond acceptors (Lipinski definition) is 5. The number of rotatable bonds is 10. The molecule has 3 rings (SSSR count). The molecule has 0 unspecified atom stereocenters. The van der Waals surface area contributed by atoms with Crippen molar-refractivity contribution in [1.29, 1.82) is 5.26 Å². The summed E-state index contributed by atoms with van der Waals surface area (Å²) >= 11 is 5.95. The highest BCUT2D eigenvalue weighted by Crippen LogP contribution is 2.35. The molecule has 0 radical (unpaired) electrons. The Kier molecular flexibility index (Phi) is 8.87. The zero-order valence-corrected chi connectivity index (χ0v) is 20.2. The molecule has 0 saturated heterocycles. The second-order valence-electron chi connectivity index (χ2n) is 7.63. The Morgan fingerprint density at radius 1 is 1.17 bits per heavy atom. The van der Waals surface area contributed by atoms with Crippen LogP contribution in [0.5, 0.6) is 11.5 Å². The number of carbonyl (C=O) groups excluding carboxylic acids is 1. The lowest BCUT2D eigenvalue weighted by atomic mass is 10.0. The first kappa shape index (κ1) is 26.1. The Labute approximate surface area is 213 Å². The van der Waals surface area contributed by atoms with Gasteiger partial charge < -0.3 is 19.9 Å². The maximum Gasteiger partial charge on any atom is 0.335 e. The Morgan fingerprint density at radius 2 is 1.92 bits per heavy atom. The van der Waals surface area contributed by atoms with Gasteiger partial charge in [-0.15, -0.1) is 6.58 Å². The van der Waals surface area contributed by atoms with E-state index in [0.29, 0.717) is 28.5 Å². The molecule has 7 nitrogen and oxygen atoms in total. The van der Waals surface area contributed by atoms with Crippen LogP contribution < -0.4 is 14.8 Å². The predicted octanol–water partition coefficient (Wildman–Crippen LogP) is 5.90. The van der Waals surface area contributed by atoms with Crippen LogP contribution in [0, 0.1) is 11.3 Å². The minimum atomic E-state index is -1.12. The molecule has 0 heterocycles. The number of nitrogens with zero attached hydrogens (tertiary/aromatic N) is 1. The molecule has 0 bridgehead atoms. The van der Waals surface area contributed by atoms with Gasteiger partial charge in [-0.3, -0.25) is 4.79 Å². The van der Waals surface area contributed by atoms with Gasteiger partial charge in [-0.25, -0.2) is 4.79 Å². The second-order valence-corrected chi connectivity index (χ2v) is 8.07. The number of benzene rings is 3. The first-order chi connectivity index (χ1) is 17.3. The molecule has 0 spiro atoms. The van der Waals surface area contributed by atoms with Crippen LogP contribution in [0.2, 0.25) is 5.02 Å². The van der Waals surface area contributed by atoms with Crippen LogP contribution in [0.1, 0.15) is 27.0 Å². The summed E-state index contributed by atoms with van der Waals surface area (Å²) in [4.78, 5) is 23.9. The van der Waals surface area contributed by atoms with Crippen LogP contribution in [0.4, 0.5) is 5.69 Å². The van der Waals surface area contributed by atoms with E-state index in [9.17, 15) is 14.9 Å². The Balaban J connectivity index is 1.89. The van der Waals surface area contributed by atoms with Crippen LogP contribution in [-0.4, -0.2) is 24.1 Å². The van der Waals surface area contributed by atoms with Gasteiger partial charge in [0.15, 0.2) is 11.5 Å². The normalized spacial score (nSPS) is 10.8. The van der Waals surface area contributed by atoms with Crippen molar-refractivity contribution >= 4 is 35.2 Å². The highest BCUT2D eigenvalue weighted by molar-refractivity contribution is 6.30. The van der Waals surface area contributed by atoms with Crippen molar-refractivity contribution in [2.75, 3.05) is 12.4 Å². The predicted molar refractivity (Wildman–Crippen MR) is 138 cm³/mol. The van der Waals surface area contributed by atoms with Crippen LogP contribution in [0.15, 0.2) is 78.9 Å². The summed E-state index contributed by atoms with van der Waals surface area (Å²) in [5.74, 6) is -0.839. The number of aromatic carboxylic acids is 1. The van der Waals surface area contributed by atoms with E-state index in [1.807, 2.05) is 18.2 Å². The van der Waals surface area contributed by atoms with Gasteiger partial charge in [0, 0.05) is 16.3 Å². The molecule has 0 fully saturated rings. The smallest absolute Gasteiger partial charge is 0.335 e. The molecular weight excluding hydrogens is 480 g/mol. The maximum absolute atomic E-state index is 12.7. The summed E-state index contributed by atoms with van der Waals surface area (Å²) in [6.45, 7) is 4.08. The third kappa shape index (κ3) is 6.75. The number of nitriles is 1. The van der Waals surface area contributed by atoms with E-state index in [1.165, 1.54) is 37.5 Å². The van der Waals surface area contributed by atoms with Gasteiger partial charge in [-0.2, -0.15) is 5.26 Å². The number of halogens is 1. The van der Waals surface area contributed by atoms with E-state index in [0.717, 1.165) is 11.1 Å². The number of carboxylic acids is 1. The summed E-state index contributed by atoms with van der Waals surface area (Å²) in [5, 5.41) is 21.9. The van der Waals surface area contributed by atoms with Gasteiger partial charge in [0.05, 0.1) is 12.7 Å². The van der Waals surface area contributed by atoms with Crippen molar-refractivity contribution in [1.82, 2.24) is 0 Å². The van der Waals surface area contributed by atoms with Crippen LogP contribution >= 0.6 is 11.6 Å². The number of carbonyl (C=O) groups is 2. The monoisotopic (exact) mass is 502 g/mol. The van der Waals surface area contributed by atoms with E-state index in [1.54, 1.807) is 30.3 Å². The van der Waals surface area contributed by atoms with Gasteiger partial charge >= 0.3 is 5.97 Å². The molecule has 8 heteroatoms. The average molecular weight is 503 g/mol. The van der Waals surface area contributed by atoms with Crippen molar-refractivity contribution in [2.45, 2.75) is 13.0 Å². The summed E-state index contributed by atoms with van der Waals surface area (Å²) in [7, 11) is 1.50. The molecule has 0 atom stereocenters. The molecule has 182 valence electrons. The van der Waals surface area contributed by atoms with Crippen molar-refractivity contribution in [2.24, 2.45) is 0 Å². The van der Waals surface area contributed by atoms with Gasteiger partial charge in [0.1, 0.15) is 18.2 Å². The van der Waals surface area contributed by atoms with E-state index in [-0.39, 0.29) is 23.4 Å². The lowest BCUT2D eigenvalue weighted by molar-refractivity contribution is -0.112. The molecule has 0 saturated carbocycles. The summed E-state index contributed by atoms with van der Waals surface area (Å²) < 4.78 is 11.6. The standard InChI is InChI=1S/C28H23ClN2O5/c1-3-5-20-12-19(14-25(35-2)26(20)36-17-18-8-10-23(29)11-9-18)13-22(16-30)27(32)31-24-7-4-6-21(15-24)28(33)34/h3-4,6-15H,1,5,17H2,2H3,(H,31,32)(H,33,34)/b22-13-. The van der Waals surface area contributed by atoms with Gasteiger partial charge in [0.2, 0.25) is 0 Å². The third-order valence-electron chi connectivity index (χ3n) is 5.08. The molecule has 0 aliphatic carbocycles. The van der Waals surface area contributed by atoms with Crippen molar-refractivity contribution in [3.8, 4) is 17.6 Å². The average Bonchev–Trinajstić information content (AvgIpc) is 2.87. The van der Waals surface area contributed by atoms with Crippen LogP contribution in [0.25, 0.3) is 6.08 Å². The number of anilines is 1. The van der Waals surface area contributed by atoms with Crippen molar-refractivity contribution in [3.63, 3.8) is 0 Å². The zero-order chi connectivity index (χ0) is 26.1. The summed E-state index contributed by atoms with van der Waals surface area (Å²) in [6.07, 6.45) is 3.60. The first-order valence-electron chi connectivity index (χ1n) is 10.8. The molecule has 0 aliphatic heterocycles. The largest absolute Gasteiger partial charge is 0.493 e. The number of allylic oxidation sites excluding steroid dienone is 1. The van der Waals surface area contributed by atoms with E-state index < -0.39 is 11.9 Å². The Hall–Kier alpha value is -4.54. The Morgan fingerprint density at radius 3 is 2.56 bits per heavy atom. The highest BCUT2D eigenvalue weighted by Gasteiger charge is 2.15. The second kappa shape index (κ2) is 12.2. The number of nitrogens with one attached hydrogen (secondary N) is 1. The highest BCUT2D eigenvalue weighted by atomic mass is 35.5. The lowest BCUT2D eigenvalue weighted by Crippen LogP contribution is -2.14. The zero-order valence-electron chi connectivity index (χ0n) is 19.5. The number of amides is 1. The topological polar surface area (TPSA) is 109 Å². The molecule has 3 aromatic rings. The number of methoxy groups -OCH3 is 1. The number of hydrogen-bond donors (Lipinski definition) is 2. The fourth-order valence-corrected chi connectivity index (χ4v) is 3.50. The minimum Gasteiger partial charge on any atom is -0.493 e. The van der Waals surface area contributed by atoms with Gasteiger partial charge in [0.25, 0.3) is 5.91 Å². The number of ether oxygens (including phenoxy) is 2. The summed E-state index contributed by atoms with van der Waals surface area (Å²) in [5.41, 5.74) is 2.34. The van der Waals surface area contributed by atoms with Crippen molar-refractivity contribution < 1.29 is 24.2 Å². The third-order valence-corrected chi connectivity index (χ3v) is 5.33.